The first-order valence-corrected chi connectivity index (χ1v) is 5.43. The number of thioether (sulfide) groups is 1. The van der Waals surface area contributed by atoms with Crippen LogP contribution in [0.2, 0.25) is 0 Å². The number of hydrogen-bond acceptors (Lipinski definition) is 3. The predicted octanol–water partition coefficient (Wildman–Crippen LogP) is 2.03. The second kappa shape index (κ2) is 3.83. The fourth-order valence-corrected chi connectivity index (χ4v) is 2.14. The second-order valence-electron chi connectivity index (χ2n) is 3.05. The van der Waals surface area contributed by atoms with Crippen molar-refractivity contribution in [2.45, 2.75) is 0 Å². The van der Waals surface area contributed by atoms with Crippen LogP contribution in [0.25, 0.3) is 0 Å². The quantitative estimate of drug-likeness (QED) is 0.676. The van der Waals surface area contributed by atoms with Crippen LogP contribution in [0, 0.1) is 0 Å². The van der Waals surface area contributed by atoms with Gasteiger partial charge in [-0.15, -0.1) is 11.8 Å². The van der Waals surface area contributed by atoms with Gasteiger partial charge in [0.15, 0.2) is 0 Å². The standard InChI is InChI=1S/C10H12N2S/c1-12-8-13-7-10(11-12)9-5-3-2-4-6-9/h2-6H,7-8H2,1H3. The maximum absolute atomic E-state index is 4.48. The summed E-state index contributed by atoms with van der Waals surface area (Å²) in [5.41, 5.74) is 2.42. The van der Waals surface area contributed by atoms with Gasteiger partial charge in [0.25, 0.3) is 0 Å². The smallest absolute Gasteiger partial charge is 0.0815 e. The van der Waals surface area contributed by atoms with Crippen molar-refractivity contribution in [1.82, 2.24) is 5.01 Å². The topological polar surface area (TPSA) is 15.6 Å². The van der Waals surface area contributed by atoms with Gasteiger partial charge in [-0.3, -0.25) is 5.01 Å². The Morgan fingerprint density at radius 2 is 2.08 bits per heavy atom. The monoisotopic (exact) mass is 192 g/mol. The summed E-state index contributed by atoms with van der Waals surface area (Å²) in [6.45, 7) is 0. The molecule has 2 rings (SSSR count). The largest absolute Gasteiger partial charge is 0.290 e. The maximum atomic E-state index is 4.48. The van der Waals surface area contributed by atoms with Crippen molar-refractivity contribution in [3.05, 3.63) is 35.9 Å². The maximum Gasteiger partial charge on any atom is 0.0815 e. The molecule has 1 aliphatic heterocycles. The summed E-state index contributed by atoms with van der Waals surface area (Å²) in [5, 5.41) is 6.46. The number of nitrogens with zero attached hydrogens (tertiary/aromatic N) is 2. The van der Waals surface area contributed by atoms with Crippen LogP contribution in [0.3, 0.4) is 0 Å². The Balaban J connectivity index is 2.26. The van der Waals surface area contributed by atoms with Gasteiger partial charge in [0.2, 0.25) is 0 Å². The molecular weight excluding hydrogens is 180 g/mol. The van der Waals surface area contributed by atoms with Crippen LogP contribution in [0.15, 0.2) is 35.4 Å². The summed E-state index contributed by atoms with van der Waals surface area (Å²) in [4.78, 5) is 0. The van der Waals surface area contributed by atoms with Crippen LogP contribution >= 0.6 is 11.8 Å². The molecule has 0 saturated heterocycles. The van der Waals surface area contributed by atoms with E-state index < -0.39 is 0 Å². The van der Waals surface area contributed by atoms with Crippen molar-refractivity contribution < 1.29 is 0 Å². The summed E-state index contributed by atoms with van der Waals surface area (Å²) in [7, 11) is 2.01. The van der Waals surface area contributed by atoms with E-state index in [0.717, 1.165) is 11.6 Å². The molecule has 1 aliphatic rings. The zero-order valence-electron chi connectivity index (χ0n) is 7.60. The molecule has 0 radical (unpaired) electrons. The first-order valence-electron chi connectivity index (χ1n) is 4.28. The van der Waals surface area contributed by atoms with E-state index in [9.17, 15) is 0 Å². The summed E-state index contributed by atoms with van der Waals surface area (Å²) >= 11 is 1.90. The molecule has 1 aromatic carbocycles. The zero-order chi connectivity index (χ0) is 9.10. The number of rotatable bonds is 1. The lowest BCUT2D eigenvalue weighted by atomic mass is 10.1. The predicted molar refractivity (Wildman–Crippen MR) is 58.1 cm³/mol. The molecule has 0 fully saturated rings. The molecule has 0 saturated carbocycles. The Morgan fingerprint density at radius 1 is 1.31 bits per heavy atom. The van der Waals surface area contributed by atoms with E-state index in [1.54, 1.807) is 0 Å². The first-order chi connectivity index (χ1) is 6.36. The van der Waals surface area contributed by atoms with Crippen molar-refractivity contribution in [2.24, 2.45) is 5.10 Å². The first kappa shape index (κ1) is 8.63. The van der Waals surface area contributed by atoms with Crippen molar-refractivity contribution in [3.8, 4) is 0 Å². The molecular formula is C10H12N2S. The molecule has 0 N–H and O–H groups in total. The third kappa shape index (κ3) is 2.04. The summed E-state index contributed by atoms with van der Waals surface area (Å²) in [6.07, 6.45) is 0. The van der Waals surface area contributed by atoms with Crippen LogP contribution in [0.4, 0.5) is 0 Å². The molecule has 68 valence electrons. The van der Waals surface area contributed by atoms with Gasteiger partial charge in [-0.25, -0.2) is 0 Å². The van der Waals surface area contributed by atoms with Crippen molar-refractivity contribution in [1.29, 1.82) is 0 Å². The molecule has 0 unspecified atom stereocenters. The Bertz CT molecular complexity index is 308. The van der Waals surface area contributed by atoms with Crippen molar-refractivity contribution >= 4 is 17.5 Å². The molecule has 0 atom stereocenters. The Kier molecular flexibility index (Phi) is 2.54. The van der Waals surface area contributed by atoms with Gasteiger partial charge in [-0.05, 0) is 5.56 Å². The van der Waals surface area contributed by atoms with Crippen LogP contribution in [-0.4, -0.2) is 29.4 Å². The van der Waals surface area contributed by atoms with E-state index in [0.29, 0.717) is 0 Å². The van der Waals surface area contributed by atoms with Gasteiger partial charge in [0.1, 0.15) is 0 Å². The Labute approximate surface area is 82.6 Å². The van der Waals surface area contributed by atoms with Gasteiger partial charge in [-0.2, -0.15) is 5.10 Å². The van der Waals surface area contributed by atoms with Gasteiger partial charge in [0.05, 0.1) is 11.6 Å². The van der Waals surface area contributed by atoms with E-state index in [-0.39, 0.29) is 0 Å². The summed E-state index contributed by atoms with van der Waals surface area (Å²) in [5.74, 6) is 2.02. The molecule has 2 nitrogen and oxygen atoms in total. The highest BCUT2D eigenvalue weighted by atomic mass is 32.2. The van der Waals surface area contributed by atoms with Crippen LogP contribution in [0.1, 0.15) is 5.56 Å². The average Bonchev–Trinajstić information content (AvgIpc) is 2.19. The third-order valence-corrected chi connectivity index (χ3v) is 2.95. The minimum absolute atomic E-state index is 0.996. The fourth-order valence-electron chi connectivity index (χ4n) is 1.31. The molecule has 0 aromatic heterocycles. The molecule has 13 heavy (non-hydrogen) atoms. The van der Waals surface area contributed by atoms with Crippen LogP contribution in [-0.2, 0) is 0 Å². The van der Waals surface area contributed by atoms with Gasteiger partial charge < -0.3 is 0 Å². The highest BCUT2D eigenvalue weighted by molar-refractivity contribution is 7.99. The zero-order valence-corrected chi connectivity index (χ0v) is 8.42. The van der Waals surface area contributed by atoms with Gasteiger partial charge >= 0.3 is 0 Å². The highest BCUT2D eigenvalue weighted by Crippen LogP contribution is 2.14. The molecule has 1 heterocycles. The molecule has 0 aliphatic carbocycles. The van der Waals surface area contributed by atoms with Crippen LogP contribution in [0.5, 0.6) is 0 Å². The number of hydrazone groups is 1. The lowest BCUT2D eigenvalue weighted by Gasteiger charge is -2.20. The van der Waals surface area contributed by atoms with Crippen molar-refractivity contribution in [3.63, 3.8) is 0 Å². The lowest BCUT2D eigenvalue weighted by molar-refractivity contribution is 0.417. The van der Waals surface area contributed by atoms with Crippen LogP contribution < -0.4 is 0 Å². The normalized spacial score (nSPS) is 17.0. The van der Waals surface area contributed by atoms with E-state index in [2.05, 4.69) is 29.4 Å². The van der Waals surface area contributed by atoms with E-state index >= 15 is 0 Å². The lowest BCUT2D eigenvalue weighted by Crippen LogP contribution is -2.22. The van der Waals surface area contributed by atoms with Gasteiger partial charge in [-0.1, -0.05) is 30.3 Å². The molecule has 0 amide bonds. The number of hydrogen-bond donors (Lipinski definition) is 0. The van der Waals surface area contributed by atoms with Crippen molar-refractivity contribution in [2.75, 3.05) is 18.7 Å². The fraction of sp³-hybridized carbons (Fsp3) is 0.300. The SMILES string of the molecule is CN1CSCC(c2ccccc2)=N1. The average molecular weight is 192 g/mol. The minimum Gasteiger partial charge on any atom is -0.290 e. The summed E-state index contributed by atoms with van der Waals surface area (Å²) < 4.78 is 0. The van der Waals surface area contributed by atoms with E-state index in [1.165, 1.54) is 11.3 Å². The molecule has 0 spiro atoms. The highest BCUT2D eigenvalue weighted by Gasteiger charge is 2.10. The Hall–Kier alpha value is -0.960. The molecule has 0 bridgehead atoms. The second-order valence-corrected chi connectivity index (χ2v) is 4.00. The Morgan fingerprint density at radius 3 is 2.77 bits per heavy atom. The van der Waals surface area contributed by atoms with Gasteiger partial charge in [0, 0.05) is 12.8 Å². The number of benzene rings is 1. The molecule has 1 aromatic rings. The third-order valence-electron chi connectivity index (χ3n) is 1.92. The van der Waals surface area contributed by atoms with E-state index in [4.69, 9.17) is 0 Å². The summed E-state index contributed by atoms with van der Waals surface area (Å²) in [6, 6.07) is 10.4. The van der Waals surface area contributed by atoms with E-state index in [1.807, 2.05) is 29.9 Å². The molecule has 3 heteroatoms. The minimum atomic E-state index is 0.996.